The van der Waals surface area contributed by atoms with E-state index in [0.717, 1.165) is 42.0 Å². The van der Waals surface area contributed by atoms with Crippen molar-refractivity contribution in [2.45, 2.75) is 37.5 Å². The highest BCUT2D eigenvalue weighted by atomic mass is 32.2. The van der Waals surface area contributed by atoms with Gasteiger partial charge in [-0.2, -0.15) is 4.31 Å². The molecule has 3 rings (SSSR count). The van der Waals surface area contributed by atoms with Crippen molar-refractivity contribution in [2.24, 2.45) is 0 Å². The summed E-state index contributed by atoms with van der Waals surface area (Å²) in [5.41, 5.74) is 0. The second kappa shape index (κ2) is 7.26. The van der Waals surface area contributed by atoms with Crippen LogP contribution in [0.2, 0.25) is 0 Å². The number of anilines is 1. The van der Waals surface area contributed by atoms with Gasteiger partial charge in [0.1, 0.15) is 14.8 Å². The van der Waals surface area contributed by atoms with E-state index >= 15 is 0 Å². The molecule has 1 amide bonds. The molecule has 130 valence electrons. The minimum Gasteiger partial charge on any atom is -0.296 e. The van der Waals surface area contributed by atoms with Crippen LogP contribution in [-0.4, -0.2) is 41.9 Å². The maximum Gasteiger partial charge on any atom is 0.268 e. The summed E-state index contributed by atoms with van der Waals surface area (Å²) in [6.07, 6.45) is 3.49. The topological polar surface area (TPSA) is 92.3 Å². The van der Waals surface area contributed by atoms with Crippen LogP contribution in [0.5, 0.6) is 0 Å². The van der Waals surface area contributed by atoms with E-state index in [0.29, 0.717) is 18.2 Å². The van der Waals surface area contributed by atoms with Gasteiger partial charge in [0.25, 0.3) is 5.91 Å². The highest BCUT2D eigenvalue weighted by molar-refractivity contribution is 7.89. The highest BCUT2D eigenvalue weighted by Crippen LogP contribution is 2.28. The number of aromatic nitrogens is 2. The number of amides is 1. The Morgan fingerprint density at radius 1 is 1.29 bits per heavy atom. The van der Waals surface area contributed by atoms with E-state index in [9.17, 15) is 13.2 Å². The quantitative estimate of drug-likeness (QED) is 0.853. The van der Waals surface area contributed by atoms with Gasteiger partial charge in [-0.3, -0.25) is 10.1 Å². The van der Waals surface area contributed by atoms with Crippen LogP contribution >= 0.6 is 22.7 Å². The molecule has 0 bridgehead atoms. The van der Waals surface area contributed by atoms with Gasteiger partial charge in [-0.1, -0.05) is 24.7 Å². The Morgan fingerprint density at radius 3 is 2.71 bits per heavy atom. The first-order chi connectivity index (χ1) is 11.5. The molecule has 0 spiro atoms. The molecular weight excluding hydrogens is 368 g/mol. The number of piperidine rings is 1. The number of nitrogens with one attached hydrogen (secondary N) is 1. The fraction of sp³-hybridized carbons (Fsp3) is 0.500. The Labute approximate surface area is 148 Å². The van der Waals surface area contributed by atoms with Gasteiger partial charge in [0.15, 0.2) is 0 Å². The first-order valence-electron chi connectivity index (χ1n) is 7.73. The molecule has 0 aromatic carbocycles. The van der Waals surface area contributed by atoms with Crippen molar-refractivity contribution >= 4 is 43.7 Å². The molecule has 1 aliphatic heterocycles. The predicted molar refractivity (Wildman–Crippen MR) is 94.2 cm³/mol. The lowest BCUT2D eigenvalue weighted by Crippen LogP contribution is -2.36. The number of hydrogen-bond donors (Lipinski definition) is 1. The summed E-state index contributed by atoms with van der Waals surface area (Å²) in [6.45, 7) is 2.97. The molecule has 0 unspecified atom stereocenters. The average Bonchev–Trinajstić information content (AvgIpc) is 3.25. The van der Waals surface area contributed by atoms with Crippen LogP contribution in [0, 0.1) is 0 Å². The molecule has 7 nitrogen and oxygen atoms in total. The third-order valence-electron chi connectivity index (χ3n) is 3.76. The van der Waals surface area contributed by atoms with Crippen LogP contribution in [0.15, 0.2) is 16.3 Å². The zero-order valence-electron chi connectivity index (χ0n) is 13.2. The Balaban J connectivity index is 1.82. The lowest BCUT2D eigenvalue weighted by Gasteiger charge is -2.25. The standard InChI is InChI=1S/C14H18N4O3S3/c1-2-11-16-17-14(23-11)15-13(19)12-10(6-9-22-12)24(20,21)18-7-4-3-5-8-18/h6,9H,2-5,7-8H2,1H3,(H,15,17,19). The molecule has 10 heteroatoms. The van der Waals surface area contributed by atoms with E-state index in [-0.39, 0.29) is 9.77 Å². The minimum atomic E-state index is -3.64. The number of hydrogen-bond acceptors (Lipinski definition) is 7. The Kier molecular flexibility index (Phi) is 5.28. The summed E-state index contributed by atoms with van der Waals surface area (Å²) in [4.78, 5) is 12.7. The van der Waals surface area contributed by atoms with Crippen molar-refractivity contribution in [3.63, 3.8) is 0 Å². The second-order valence-corrected chi connectivity index (χ2v) is 9.27. The average molecular weight is 387 g/mol. The first-order valence-corrected chi connectivity index (χ1v) is 10.9. The molecule has 0 atom stereocenters. The summed E-state index contributed by atoms with van der Waals surface area (Å²) in [5, 5.41) is 13.3. The maximum absolute atomic E-state index is 12.8. The molecule has 2 aromatic rings. The second-order valence-electron chi connectivity index (χ2n) is 5.39. The normalized spacial score (nSPS) is 16.2. The molecule has 0 aliphatic carbocycles. The van der Waals surface area contributed by atoms with Crippen molar-refractivity contribution in [3.05, 3.63) is 21.3 Å². The summed E-state index contributed by atoms with van der Waals surface area (Å²) in [5.74, 6) is -0.459. The zero-order chi connectivity index (χ0) is 17.2. The van der Waals surface area contributed by atoms with Gasteiger partial charge in [0.05, 0.1) is 0 Å². The molecular formula is C14H18N4O3S3. The summed E-state index contributed by atoms with van der Waals surface area (Å²) < 4.78 is 27.1. The Bertz CT molecular complexity index is 822. The number of carbonyl (C=O) groups is 1. The van der Waals surface area contributed by atoms with Crippen molar-refractivity contribution < 1.29 is 13.2 Å². The summed E-state index contributed by atoms with van der Waals surface area (Å²) >= 11 is 2.41. The van der Waals surface area contributed by atoms with Crippen LogP contribution in [0.25, 0.3) is 0 Å². The fourth-order valence-corrected chi connectivity index (χ4v) is 6.00. The van der Waals surface area contributed by atoms with Crippen LogP contribution in [0.4, 0.5) is 5.13 Å². The molecule has 2 aromatic heterocycles. The number of thiophene rings is 1. The maximum atomic E-state index is 12.8. The molecule has 1 N–H and O–H groups in total. The largest absolute Gasteiger partial charge is 0.296 e. The third kappa shape index (κ3) is 3.51. The van der Waals surface area contributed by atoms with E-state index < -0.39 is 15.9 Å². The molecule has 24 heavy (non-hydrogen) atoms. The van der Waals surface area contributed by atoms with Gasteiger partial charge in [0, 0.05) is 13.1 Å². The molecule has 1 saturated heterocycles. The number of rotatable bonds is 5. The minimum absolute atomic E-state index is 0.0760. The first kappa shape index (κ1) is 17.5. The molecule has 3 heterocycles. The smallest absolute Gasteiger partial charge is 0.268 e. The van der Waals surface area contributed by atoms with Crippen LogP contribution < -0.4 is 5.32 Å². The Morgan fingerprint density at radius 2 is 2.04 bits per heavy atom. The number of carbonyl (C=O) groups excluding carboxylic acids is 1. The van der Waals surface area contributed by atoms with Gasteiger partial charge in [0.2, 0.25) is 15.2 Å². The van der Waals surface area contributed by atoms with Gasteiger partial charge in [-0.25, -0.2) is 8.42 Å². The predicted octanol–water partition coefficient (Wildman–Crippen LogP) is 2.59. The van der Waals surface area contributed by atoms with Gasteiger partial charge >= 0.3 is 0 Å². The lowest BCUT2D eigenvalue weighted by molar-refractivity contribution is 0.102. The van der Waals surface area contributed by atoms with E-state index in [1.54, 1.807) is 5.38 Å². The van der Waals surface area contributed by atoms with Gasteiger partial charge < -0.3 is 0 Å². The fourth-order valence-electron chi connectivity index (χ4n) is 2.51. The number of nitrogens with zero attached hydrogens (tertiary/aromatic N) is 3. The molecule has 1 aliphatic rings. The lowest BCUT2D eigenvalue weighted by atomic mass is 10.2. The van der Waals surface area contributed by atoms with E-state index in [4.69, 9.17) is 0 Å². The van der Waals surface area contributed by atoms with E-state index in [2.05, 4.69) is 15.5 Å². The van der Waals surface area contributed by atoms with E-state index in [1.807, 2.05) is 6.92 Å². The molecule has 1 fully saturated rings. The third-order valence-corrected chi connectivity index (χ3v) is 7.72. The molecule has 0 saturated carbocycles. The highest BCUT2D eigenvalue weighted by Gasteiger charge is 2.31. The van der Waals surface area contributed by atoms with Crippen LogP contribution in [-0.2, 0) is 16.4 Å². The zero-order valence-corrected chi connectivity index (χ0v) is 15.6. The van der Waals surface area contributed by atoms with Crippen molar-refractivity contribution in [3.8, 4) is 0 Å². The monoisotopic (exact) mass is 386 g/mol. The van der Waals surface area contributed by atoms with Crippen molar-refractivity contribution in [1.82, 2.24) is 14.5 Å². The van der Waals surface area contributed by atoms with Gasteiger partial charge in [-0.15, -0.1) is 21.5 Å². The van der Waals surface area contributed by atoms with Crippen molar-refractivity contribution in [2.75, 3.05) is 18.4 Å². The van der Waals surface area contributed by atoms with Gasteiger partial charge in [-0.05, 0) is 30.7 Å². The SMILES string of the molecule is CCc1nnc(NC(=O)c2sccc2S(=O)(=O)N2CCCCC2)s1. The number of sulfonamides is 1. The summed E-state index contributed by atoms with van der Waals surface area (Å²) in [7, 11) is -3.64. The molecule has 0 radical (unpaired) electrons. The number of aryl methyl sites for hydroxylation is 1. The van der Waals surface area contributed by atoms with Crippen LogP contribution in [0.1, 0.15) is 40.9 Å². The summed E-state index contributed by atoms with van der Waals surface area (Å²) in [6, 6.07) is 1.50. The van der Waals surface area contributed by atoms with Crippen LogP contribution in [0.3, 0.4) is 0 Å². The Hall–Kier alpha value is -1.36. The van der Waals surface area contributed by atoms with E-state index in [1.165, 1.54) is 21.7 Å². The van der Waals surface area contributed by atoms with Crippen molar-refractivity contribution in [1.29, 1.82) is 0 Å².